The summed E-state index contributed by atoms with van der Waals surface area (Å²) in [5.41, 5.74) is -1.23. The Balaban J connectivity index is 3.22. The fraction of sp³-hybridized carbons (Fsp3) is 0.429. The smallest absolute Gasteiger partial charge is 0.387 e. The normalized spacial score (nSPS) is 11.6. The van der Waals surface area contributed by atoms with Crippen LogP contribution in [-0.2, 0) is 4.79 Å². The van der Waals surface area contributed by atoms with Crippen LogP contribution in [0.2, 0.25) is 0 Å². The summed E-state index contributed by atoms with van der Waals surface area (Å²) < 4.78 is 33.8. The molecule has 0 bridgehead atoms. The predicted octanol–water partition coefficient (Wildman–Crippen LogP) is 1.46. The molecule has 138 valence electrons. The van der Waals surface area contributed by atoms with E-state index in [4.69, 9.17) is 4.74 Å². The van der Waals surface area contributed by atoms with Gasteiger partial charge in [0.25, 0.3) is 11.6 Å². The van der Waals surface area contributed by atoms with Gasteiger partial charge in [0.15, 0.2) is 11.5 Å². The van der Waals surface area contributed by atoms with Crippen molar-refractivity contribution in [3.05, 3.63) is 27.8 Å². The number of rotatable bonds is 8. The van der Waals surface area contributed by atoms with Crippen molar-refractivity contribution in [2.45, 2.75) is 26.5 Å². The van der Waals surface area contributed by atoms with E-state index in [-0.39, 0.29) is 5.75 Å². The molecule has 0 saturated carbocycles. The van der Waals surface area contributed by atoms with Crippen LogP contribution in [0.25, 0.3) is 0 Å². The molecule has 0 spiro atoms. The van der Waals surface area contributed by atoms with Crippen molar-refractivity contribution in [2.24, 2.45) is 0 Å². The highest BCUT2D eigenvalue weighted by molar-refractivity contribution is 6.01. The number of alkyl halides is 2. The van der Waals surface area contributed by atoms with Crippen LogP contribution < -0.4 is 20.1 Å². The Hall–Kier alpha value is -2.98. The number of ether oxygens (including phenoxy) is 2. The molecular formula is C14H17F2N3O6. The van der Waals surface area contributed by atoms with Gasteiger partial charge in [-0.1, -0.05) is 0 Å². The zero-order valence-corrected chi connectivity index (χ0v) is 13.7. The van der Waals surface area contributed by atoms with Gasteiger partial charge in [-0.3, -0.25) is 19.7 Å². The molecule has 0 aromatic heterocycles. The van der Waals surface area contributed by atoms with E-state index in [2.05, 4.69) is 15.4 Å². The molecule has 2 amide bonds. The number of hydrogen-bond donors (Lipinski definition) is 2. The topological polar surface area (TPSA) is 120 Å². The maximum absolute atomic E-state index is 12.4. The Morgan fingerprint density at radius 2 is 1.96 bits per heavy atom. The van der Waals surface area contributed by atoms with Crippen LogP contribution >= 0.6 is 0 Å². The quantitative estimate of drug-likeness (QED) is 0.534. The molecule has 1 unspecified atom stereocenters. The van der Waals surface area contributed by atoms with E-state index in [1.54, 1.807) is 6.92 Å². The summed E-state index contributed by atoms with van der Waals surface area (Å²) in [5.74, 6) is -2.30. The highest BCUT2D eigenvalue weighted by atomic mass is 19.3. The first kappa shape index (κ1) is 20.1. The lowest BCUT2D eigenvalue weighted by atomic mass is 10.1. The number of halogens is 2. The summed E-state index contributed by atoms with van der Waals surface area (Å²) in [4.78, 5) is 34.1. The maximum atomic E-state index is 12.4. The van der Waals surface area contributed by atoms with E-state index in [1.807, 2.05) is 0 Å². The van der Waals surface area contributed by atoms with Gasteiger partial charge in [0.2, 0.25) is 5.91 Å². The highest BCUT2D eigenvalue weighted by Gasteiger charge is 2.27. The zero-order chi connectivity index (χ0) is 19.1. The van der Waals surface area contributed by atoms with Gasteiger partial charge in [0.05, 0.1) is 18.1 Å². The summed E-state index contributed by atoms with van der Waals surface area (Å²) in [6.07, 6.45) is 0. The van der Waals surface area contributed by atoms with Gasteiger partial charge in [-0.25, -0.2) is 0 Å². The van der Waals surface area contributed by atoms with E-state index in [9.17, 15) is 28.5 Å². The van der Waals surface area contributed by atoms with Crippen molar-refractivity contribution in [3.63, 3.8) is 0 Å². The van der Waals surface area contributed by atoms with E-state index in [1.165, 1.54) is 6.92 Å². The molecule has 1 atom stereocenters. The van der Waals surface area contributed by atoms with E-state index < -0.39 is 46.4 Å². The lowest BCUT2D eigenvalue weighted by molar-refractivity contribution is -0.385. The third-order valence-electron chi connectivity index (χ3n) is 3.03. The van der Waals surface area contributed by atoms with Crippen LogP contribution in [0.5, 0.6) is 11.5 Å². The molecule has 9 nitrogen and oxygen atoms in total. The van der Waals surface area contributed by atoms with Gasteiger partial charge < -0.3 is 20.1 Å². The molecule has 0 radical (unpaired) electrons. The molecule has 1 aromatic carbocycles. The van der Waals surface area contributed by atoms with Crippen molar-refractivity contribution in [1.29, 1.82) is 0 Å². The van der Waals surface area contributed by atoms with Crippen LogP contribution in [0, 0.1) is 10.1 Å². The first-order valence-electron chi connectivity index (χ1n) is 7.11. The number of likely N-dealkylation sites (N-methyl/N-ethyl adjacent to an activating group) is 1. The maximum Gasteiger partial charge on any atom is 0.387 e. The van der Waals surface area contributed by atoms with Crippen molar-refractivity contribution in [3.8, 4) is 11.5 Å². The first-order chi connectivity index (χ1) is 11.7. The number of nitrogens with one attached hydrogen (secondary N) is 2. The number of nitrogens with zero attached hydrogens (tertiary/aromatic N) is 1. The number of nitro benzene ring substituents is 1. The van der Waals surface area contributed by atoms with Gasteiger partial charge in [0, 0.05) is 12.6 Å². The number of amides is 2. The highest BCUT2D eigenvalue weighted by Crippen LogP contribution is 2.35. The van der Waals surface area contributed by atoms with Gasteiger partial charge >= 0.3 is 6.61 Å². The number of benzene rings is 1. The lowest BCUT2D eigenvalue weighted by Crippen LogP contribution is -2.44. The molecule has 1 rings (SSSR count). The Morgan fingerprint density at radius 3 is 2.44 bits per heavy atom. The van der Waals surface area contributed by atoms with Crippen LogP contribution in [0.15, 0.2) is 12.1 Å². The molecule has 0 aliphatic carbocycles. The monoisotopic (exact) mass is 361 g/mol. The molecule has 0 aliphatic heterocycles. The minimum Gasteiger partial charge on any atom is -0.493 e. The van der Waals surface area contributed by atoms with Gasteiger partial charge in [-0.05, 0) is 13.8 Å². The lowest BCUT2D eigenvalue weighted by Gasteiger charge is -2.15. The molecule has 0 fully saturated rings. The van der Waals surface area contributed by atoms with Gasteiger partial charge in [0.1, 0.15) is 11.6 Å². The number of carbonyl (C=O) groups excluding carboxylic acids is 2. The average Bonchev–Trinajstić information content (AvgIpc) is 2.53. The SMILES string of the molecule is CCNC(=O)C(C)NC(=O)c1cc(OC)c(OC(F)F)cc1[N+](=O)[O-]. The number of hydrogen-bond acceptors (Lipinski definition) is 6. The van der Waals surface area contributed by atoms with Gasteiger partial charge in [-0.2, -0.15) is 8.78 Å². The zero-order valence-electron chi connectivity index (χ0n) is 13.7. The molecule has 1 aromatic rings. The number of methoxy groups -OCH3 is 1. The van der Waals surface area contributed by atoms with Crippen LogP contribution in [-0.4, -0.2) is 43.0 Å². The van der Waals surface area contributed by atoms with Crippen molar-refractivity contribution in [2.75, 3.05) is 13.7 Å². The second-order valence-corrected chi connectivity index (χ2v) is 4.75. The van der Waals surface area contributed by atoms with E-state index >= 15 is 0 Å². The van der Waals surface area contributed by atoms with Crippen LogP contribution in [0.3, 0.4) is 0 Å². The third kappa shape index (κ3) is 5.26. The molecule has 0 heterocycles. The summed E-state index contributed by atoms with van der Waals surface area (Å²) >= 11 is 0. The largest absolute Gasteiger partial charge is 0.493 e. The molecular weight excluding hydrogens is 344 g/mol. The van der Waals surface area contributed by atoms with Crippen LogP contribution in [0.1, 0.15) is 24.2 Å². The summed E-state index contributed by atoms with van der Waals surface area (Å²) in [7, 11) is 1.12. The number of carbonyl (C=O) groups is 2. The third-order valence-corrected chi connectivity index (χ3v) is 3.03. The first-order valence-corrected chi connectivity index (χ1v) is 7.11. The Bertz CT molecular complexity index is 668. The second kappa shape index (κ2) is 8.76. The Morgan fingerprint density at radius 1 is 1.32 bits per heavy atom. The summed E-state index contributed by atoms with van der Waals surface area (Å²) in [6.45, 7) is 0.183. The minimum atomic E-state index is -3.23. The Kier molecular flexibility index (Phi) is 7.03. The van der Waals surface area contributed by atoms with E-state index in [0.29, 0.717) is 12.6 Å². The average molecular weight is 361 g/mol. The molecule has 25 heavy (non-hydrogen) atoms. The number of nitro groups is 1. The Labute approximate surface area is 141 Å². The van der Waals surface area contributed by atoms with Crippen LogP contribution in [0.4, 0.5) is 14.5 Å². The summed E-state index contributed by atoms with van der Waals surface area (Å²) in [5, 5.41) is 15.9. The molecule has 0 aliphatic rings. The van der Waals surface area contributed by atoms with Gasteiger partial charge in [-0.15, -0.1) is 0 Å². The van der Waals surface area contributed by atoms with Crippen molar-refractivity contribution >= 4 is 17.5 Å². The van der Waals surface area contributed by atoms with Crippen molar-refractivity contribution in [1.82, 2.24) is 10.6 Å². The predicted molar refractivity (Wildman–Crippen MR) is 81.9 cm³/mol. The second-order valence-electron chi connectivity index (χ2n) is 4.75. The van der Waals surface area contributed by atoms with E-state index in [0.717, 1.165) is 13.2 Å². The summed E-state index contributed by atoms with van der Waals surface area (Å²) in [6, 6.07) is 0.599. The van der Waals surface area contributed by atoms with Crippen molar-refractivity contribution < 1.29 is 32.8 Å². The minimum absolute atomic E-state index is 0.290. The molecule has 0 saturated heterocycles. The standard InChI is InChI=1S/C14H17F2N3O6/c1-4-17-12(20)7(2)18-13(21)8-5-10(24-3)11(25-14(15)16)6-9(8)19(22)23/h5-7,14H,4H2,1-3H3,(H,17,20)(H,18,21). The fourth-order valence-electron chi connectivity index (χ4n) is 1.90. The molecule has 11 heteroatoms. The fourth-order valence-corrected chi connectivity index (χ4v) is 1.90. The molecule has 2 N–H and O–H groups in total.